The van der Waals surface area contributed by atoms with Gasteiger partial charge in [0, 0.05) is 5.69 Å². The normalized spacial score (nSPS) is 10.2. The molecule has 0 aliphatic carbocycles. The Morgan fingerprint density at radius 3 is 2.55 bits per heavy atom. The maximum Gasteiger partial charge on any atom is 0.262 e. The number of carbonyl (C=O) groups is 1. The molecule has 0 aromatic heterocycles. The van der Waals surface area contributed by atoms with Crippen LogP contribution in [0.15, 0.2) is 42.5 Å². The third kappa shape index (κ3) is 3.85. The molecule has 0 bridgehead atoms. The maximum absolute atomic E-state index is 11.8. The topological polar surface area (TPSA) is 38.3 Å². The van der Waals surface area contributed by atoms with Crippen LogP contribution < -0.4 is 10.1 Å². The molecule has 0 heterocycles. The van der Waals surface area contributed by atoms with E-state index in [2.05, 4.69) is 5.32 Å². The van der Waals surface area contributed by atoms with Gasteiger partial charge in [0.1, 0.15) is 5.75 Å². The van der Waals surface area contributed by atoms with Crippen molar-refractivity contribution in [1.29, 1.82) is 0 Å². The summed E-state index contributed by atoms with van der Waals surface area (Å²) in [4.78, 5) is 11.8. The standard InChI is InChI=1S/C17H19NO2/c1-12-5-4-6-15(9-12)18-17(19)11-20-16-8-7-13(2)14(3)10-16/h4-10H,11H2,1-3H3,(H,18,19). The second kappa shape index (κ2) is 6.24. The molecule has 0 fully saturated rings. The summed E-state index contributed by atoms with van der Waals surface area (Å²) in [7, 11) is 0. The van der Waals surface area contributed by atoms with Crippen molar-refractivity contribution in [2.45, 2.75) is 20.8 Å². The molecular weight excluding hydrogens is 250 g/mol. The zero-order chi connectivity index (χ0) is 14.5. The largest absolute Gasteiger partial charge is 0.484 e. The molecule has 2 aromatic rings. The Morgan fingerprint density at radius 1 is 1.05 bits per heavy atom. The minimum absolute atomic E-state index is 0.0104. The minimum Gasteiger partial charge on any atom is -0.484 e. The van der Waals surface area contributed by atoms with Crippen molar-refractivity contribution in [2.75, 3.05) is 11.9 Å². The SMILES string of the molecule is Cc1cccc(NC(=O)COc2ccc(C)c(C)c2)c1. The van der Waals surface area contributed by atoms with Gasteiger partial charge in [0.05, 0.1) is 0 Å². The highest BCUT2D eigenvalue weighted by molar-refractivity contribution is 5.91. The van der Waals surface area contributed by atoms with E-state index in [9.17, 15) is 4.79 Å². The Bertz CT molecular complexity index is 620. The molecule has 3 heteroatoms. The second-order valence-corrected chi connectivity index (χ2v) is 4.95. The average Bonchev–Trinajstić information content (AvgIpc) is 2.40. The molecule has 20 heavy (non-hydrogen) atoms. The van der Waals surface area contributed by atoms with Crippen LogP contribution in [-0.2, 0) is 4.79 Å². The van der Waals surface area contributed by atoms with Gasteiger partial charge in [-0.3, -0.25) is 4.79 Å². The zero-order valence-electron chi connectivity index (χ0n) is 12.1. The van der Waals surface area contributed by atoms with Gasteiger partial charge in [0.15, 0.2) is 6.61 Å². The van der Waals surface area contributed by atoms with E-state index in [0.29, 0.717) is 5.75 Å². The van der Waals surface area contributed by atoms with Gasteiger partial charge >= 0.3 is 0 Å². The monoisotopic (exact) mass is 269 g/mol. The van der Waals surface area contributed by atoms with E-state index < -0.39 is 0 Å². The molecule has 1 amide bonds. The van der Waals surface area contributed by atoms with Gasteiger partial charge in [-0.15, -0.1) is 0 Å². The Morgan fingerprint density at radius 2 is 1.85 bits per heavy atom. The molecule has 0 aliphatic rings. The lowest BCUT2D eigenvalue weighted by Gasteiger charge is -2.09. The van der Waals surface area contributed by atoms with Crippen molar-refractivity contribution in [2.24, 2.45) is 0 Å². The fraction of sp³-hybridized carbons (Fsp3) is 0.235. The number of aryl methyl sites for hydroxylation is 3. The molecular formula is C17H19NO2. The van der Waals surface area contributed by atoms with Gasteiger partial charge in [0.2, 0.25) is 0 Å². The van der Waals surface area contributed by atoms with Crippen LogP contribution in [0.2, 0.25) is 0 Å². The molecule has 0 atom stereocenters. The summed E-state index contributed by atoms with van der Waals surface area (Å²) in [5.74, 6) is 0.557. The van der Waals surface area contributed by atoms with Crippen molar-refractivity contribution in [3.63, 3.8) is 0 Å². The van der Waals surface area contributed by atoms with Crippen LogP contribution in [0.3, 0.4) is 0 Å². The first-order chi connectivity index (χ1) is 9.54. The van der Waals surface area contributed by atoms with Gasteiger partial charge in [-0.1, -0.05) is 18.2 Å². The van der Waals surface area contributed by atoms with E-state index in [1.165, 1.54) is 5.56 Å². The van der Waals surface area contributed by atoms with E-state index >= 15 is 0 Å². The number of amides is 1. The van der Waals surface area contributed by atoms with Gasteiger partial charge < -0.3 is 10.1 Å². The van der Waals surface area contributed by atoms with Crippen molar-refractivity contribution >= 4 is 11.6 Å². The maximum atomic E-state index is 11.8. The van der Waals surface area contributed by atoms with E-state index in [0.717, 1.165) is 16.8 Å². The third-order valence-corrected chi connectivity index (χ3v) is 3.15. The highest BCUT2D eigenvalue weighted by Crippen LogP contribution is 2.16. The fourth-order valence-corrected chi connectivity index (χ4v) is 1.87. The summed E-state index contributed by atoms with van der Waals surface area (Å²) < 4.78 is 5.49. The average molecular weight is 269 g/mol. The molecule has 0 radical (unpaired) electrons. The Balaban J connectivity index is 1.90. The molecule has 104 valence electrons. The first-order valence-electron chi connectivity index (χ1n) is 6.61. The number of anilines is 1. The summed E-state index contributed by atoms with van der Waals surface area (Å²) >= 11 is 0. The molecule has 1 N–H and O–H groups in total. The van der Waals surface area contributed by atoms with E-state index in [1.807, 2.05) is 63.2 Å². The number of hydrogen-bond acceptors (Lipinski definition) is 2. The first kappa shape index (κ1) is 14.1. The lowest BCUT2D eigenvalue weighted by atomic mass is 10.1. The van der Waals surface area contributed by atoms with Crippen LogP contribution in [-0.4, -0.2) is 12.5 Å². The van der Waals surface area contributed by atoms with Gasteiger partial charge in [-0.2, -0.15) is 0 Å². The highest BCUT2D eigenvalue weighted by Gasteiger charge is 2.04. The molecule has 0 spiro atoms. The molecule has 0 aliphatic heterocycles. The van der Waals surface area contributed by atoms with Crippen LogP contribution in [0.5, 0.6) is 5.75 Å². The number of ether oxygens (including phenoxy) is 1. The van der Waals surface area contributed by atoms with Crippen LogP contribution >= 0.6 is 0 Å². The van der Waals surface area contributed by atoms with Gasteiger partial charge in [-0.05, 0) is 61.7 Å². The summed E-state index contributed by atoms with van der Waals surface area (Å²) in [5, 5.41) is 2.82. The molecule has 0 unspecified atom stereocenters. The summed E-state index contributed by atoms with van der Waals surface area (Å²) in [6.45, 7) is 6.07. The van der Waals surface area contributed by atoms with Crippen molar-refractivity contribution in [1.82, 2.24) is 0 Å². The van der Waals surface area contributed by atoms with E-state index in [-0.39, 0.29) is 12.5 Å². The van der Waals surface area contributed by atoms with Gasteiger partial charge in [0.25, 0.3) is 5.91 Å². The van der Waals surface area contributed by atoms with Crippen LogP contribution in [0.1, 0.15) is 16.7 Å². The Labute approximate surface area is 119 Å². The van der Waals surface area contributed by atoms with Crippen LogP contribution in [0.25, 0.3) is 0 Å². The quantitative estimate of drug-likeness (QED) is 0.920. The number of carbonyl (C=O) groups excluding carboxylic acids is 1. The summed E-state index contributed by atoms with van der Waals surface area (Å²) in [6, 6.07) is 13.5. The Kier molecular flexibility index (Phi) is 4.41. The van der Waals surface area contributed by atoms with Crippen molar-refractivity contribution in [3.8, 4) is 5.75 Å². The van der Waals surface area contributed by atoms with E-state index in [4.69, 9.17) is 4.74 Å². The number of rotatable bonds is 4. The number of nitrogens with one attached hydrogen (secondary N) is 1. The molecule has 3 nitrogen and oxygen atoms in total. The van der Waals surface area contributed by atoms with Gasteiger partial charge in [-0.25, -0.2) is 0 Å². The van der Waals surface area contributed by atoms with Crippen molar-refractivity contribution in [3.05, 3.63) is 59.2 Å². The number of hydrogen-bond donors (Lipinski definition) is 1. The second-order valence-electron chi connectivity index (χ2n) is 4.95. The van der Waals surface area contributed by atoms with Crippen LogP contribution in [0, 0.1) is 20.8 Å². The molecule has 2 aromatic carbocycles. The summed E-state index contributed by atoms with van der Waals surface area (Å²) in [6.07, 6.45) is 0. The summed E-state index contributed by atoms with van der Waals surface area (Å²) in [5.41, 5.74) is 4.26. The molecule has 0 saturated heterocycles. The number of benzene rings is 2. The zero-order valence-corrected chi connectivity index (χ0v) is 12.1. The Hall–Kier alpha value is -2.29. The minimum atomic E-state index is -0.158. The highest BCUT2D eigenvalue weighted by atomic mass is 16.5. The predicted octanol–water partition coefficient (Wildman–Crippen LogP) is 3.63. The van der Waals surface area contributed by atoms with E-state index in [1.54, 1.807) is 0 Å². The predicted molar refractivity (Wildman–Crippen MR) is 81.2 cm³/mol. The van der Waals surface area contributed by atoms with Crippen molar-refractivity contribution < 1.29 is 9.53 Å². The van der Waals surface area contributed by atoms with Crippen LogP contribution in [0.4, 0.5) is 5.69 Å². The lowest BCUT2D eigenvalue weighted by Crippen LogP contribution is -2.20. The lowest BCUT2D eigenvalue weighted by molar-refractivity contribution is -0.118. The smallest absolute Gasteiger partial charge is 0.262 e. The fourth-order valence-electron chi connectivity index (χ4n) is 1.87. The first-order valence-corrected chi connectivity index (χ1v) is 6.61. The molecule has 0 saturated carbocycles. The molecule has 2 rings (SSSR count). The third-order valence-electron chi connectivity index (χ3n) is 3.15.